The quantitative estimate of drug-likeness (QED) is 0.485. The highest BCUT2D eigenvalue weighted by molar-refractivity contribution is 7.85. The summed E-state index contributed by atoms with van der Waals surface area (Å²) in [5.41, 5.74) is 2.04. The second-order valence-electron chi connectivity index (χ2n) is 10.1. The molecule has 1 aliphatic rings. The Balaban J connectivity index is 1.98. The summed E-state index contributed by atoms with van der Waals surface area (Å²) in [5, 5.41) is -0.0269. The predicted molar refractivity (Wildman–Crippen MR) is 132 cm³/mol. The molecular formula is C25H35NO4SSi. The van der Waals surface area contributed by atoms with Crippen molar-refractivity contribution in [2.75, 3.05) is 12.8 Å². The molecule has 4 atom stereocenters. The fourth-order valence-electron chi connectivity index (χ4n) is 3.63. The number of rotatable bonds is 7. The summed E-state index contributed by atoms with van der Waals surface area (Å²) in [6.45, 7) is 12.9. The number of cyclic esters (lactones) is 1. The van der Waals surface area contributed by atoms with Crippen LogP contribution in [-0.2, 0) is 20.0 Å². The summed E-state index contributed by atoms with van der Waals surface area (Å²) in [4.78, 5) is 15.0. The van der Waals surface area contributed by atoms with E-state index in [-0.39, 0.29) is 17.2 Å². The summed E-state index contributed by atoms with van der Waals surface area (Å²) in [6.07, 6.45) is -1.29. The summed E-state index contributed by atoms with van der Waals surface area (Å²) >= 11 is 0. The van der Waals surface area contributed by atoms with Gasteiger partial charge in [0.15, 0.2) is 14.4 Å². The summed E-state index contributed by atoms with van der Waals surface area (Å²) in [6, 6.07) is 17.1. The lowest BCUT2D eigenvalue weighted by atomic mass is 9.98. The highest BCUT2D eigenvalue weighted by Gasteiger charge is 2.49. The third kappa shape index (κ3) is 5.33. The topological polar surface area (TPSA) is 55.8 Å². The van der Waals surface area contributed by atoms with E-state index in [1.807, 2.05) is 61.5 Å². The Kier molecular flexibility index (Phi) is 7.32. The van der Waals surface area contributed by atoms with Crippen molar-refractivity contribution >= 4 is 25.2 Å². The van der Waals surface area contributed by atoms with Crippen molar-refractivity contribution in [2.24, 2.45) is 0 Å². The number of amides is 1. The lowest BCUT2D eigenvalue weighted by Gasteiger charge is -2.42. The zero-order chi connectivity index (χ0) is 23.7. The van der Waals surface area contributed by atoms with Crippen LogP contribution in [0, 0.1) is 6.92 Å². The van der Waals surface area contributed by atoms with Gasteiger partial charge in [-0.3, -0.25) is 4.21 Å². The number of benzene rings is 2. The molecule has 5 nitrogen and oxygen atoms in total. The standard InChI is InChI=1S/C25H35NO4SSi/c1-18-13-15-20(16-14-18)31(28)17-21(30-32(6,7)25(2,3)4)22-23(29-24(27)26(22)5)19-11-9-8-10-12-19/h8-16,21-23H,17H2,1-7H3/t21-,22+,23+,31-/m0/s1. The minimum Gasteiger partial charge on any atom is -0.439 e. The molecule has 2 aromatic rings. The smallest absolute Gasteiger partial charge is 0.410 e. The van der Waals surface area contributed by atoms with E-state index in [4.69, 9.17) is 9.16 Å². The second kappa shape index (κ2) is 9.49. The maximum Gasteiger partial charge on any atom is 0.410 e. The van der Waals surface area contributed by atoms with E-state index in [2.05, 4.69) is 33.9 Å². The van der Waals surface area contributed by atoms with Gasteiger partial charge in [-0.15, -0.1) is 0 Å². The van der Waals surface area contributed by atoms with Crippen molar-refractivity contribution in [1.82, 2.24) is 4.90 Å². The van der Waals surface area contributed by atoms with Gasteiger partial charge in [0.2, 0.25) is 0 Å². The molecule has 2 aromatic carbocycles. The van der Waals surface area contributed by atoms with Crippen molar-refractivity contribution < 1.29 is 18.2 Å². The first-order valence-electron chi connectivity index (χ1n) is 11.0. The Morgan fingerprint density at radius 3 is 2.25 bits per heavy atom. The van der Waals surface area contributed by atoms with E-state index in [1.54, 1.807) is 11.9 Å². The Morgan fingerprint density at radius 1 is 1.09 bits per heavy atom. The van der Waals surface area contributed by atoms with Gasteiger partial charge in [-0.05, 0) is 42.8 Å². The van der Waals surface area contributed by atoms with Gasteiger partial charge in [0.25, 0.3) is 0 Å². The number of ether oxygens (including phenoxy) is 1. The molecule has 0 radical (unpaired) electrons. The average Bonchev–Trinajstić information content (AvgIpc) is 3.02. The summed E-state index contributed by atoms with van der Waals surface area (Å²) < 4.78 is 26.0. The molecule has 32 heavy (non-hydrogen) atoms. The maximum absolute atomic E-state index is 13.4. The van der Waals surface area contributed by atoms with Crippen LogP contribution in [0.25, 0.3) is 0 Å². The highest BCUT2D eigenvalue weighted by Crippen LogP contribution is 2.41. The van der Waals surface area contributed by atoms with Crippen LogP contribution in [0.1, 0.15) is 38.0 Å². The molecule has 0 spiro atoms. The molecule has 7 heteroatoms. The molecular weight excluding hydrogens is 438 g/mol. The van der Waals surface area contributed by atoms with Gasteiger partial charge < -0.3 is 14.1 Å². The van der Waals surface area contributed by atoms with Crippen LogP contribution >= 0.6 is 0 Å². The van der Waals surface area contributed by atoms with Crippen LogP contribution in [0.15, 0.2) is 59.5 Å². The van der Waals surface area contributed by atoms with E-state index in [0.29, 0.717) is 5.75 Å². The van der Waals surface area contributed by atoms with E-state index < -0.39 is 31.3 Å². The lowest BCUT2D eigenvalue weighted by Crippen LogP contribution is -2.52. The molecule has 0 N–H and O–H groups in total. The first-order chi connectivity index (χ1) is 14.9. The number of carbonyl (C=O) groups is 1. The first-order valence-corrected chi connectivity index (χ1v) is 15.2. The highest BCUT2D eigenvalue weighted by atomic mass is 32.2. The molecule has 1 amide bonds. The van der Waals surface area contributed by atoms with Gasteiger partial charge in [-0.1, -0.05) is 68.8 Å². The van der Waals surface area contributed by atoms with Crippen LogP contribution < -0.4 is 0 Å². The predicted octanol–water partition coefficient (Wildman–Crippen LogP) is 5.68. The normalized spacial score (nSPS) is 21.3. The minimum atomic E-state index is -2.22. The molecule has 0 unspecified atom stereocenters. The Labute approximate surface area is 195 Å². The largest absolute Gasteiger partial charge is 0.439 e. The molecule has 3 rings (SSSR count). The van der Waals surface area contributed by atoms with Crippen LogP contribution in [0.5, 0.6) is 0 Å². The molecule has 1 fully saturated rings. The van der Waals surface area contributed by atoms with E-state index in [0.717, 1.165) is 16.0 Å². The maximum atomic E-state index is 13.4. The minimum absolute atomic E-state index is 0.0269. The third-order valence-corrected chi connectivity index (χ3v) is 12.6. The van der Waals surface area contributed by atoms with Crippen LogP contribution in [0.2, 0.25) is 18.1 Å². The van der Waals surface area contributed by atoms with E-state index in [9.17, 15) is 9.00 Å². The number of nitrogens with zero attached hydrogens (tertiary/aromatic N) is 1. The molecule has 0 saturated carbocycles. The number of hydrogen-bond donors (Lipinski definition) is 0. The van der Waals surface area contributed by atoms with E-state index in [1.165, 1.54) is 0 Å². The first kappa shape index (κ1) is 24.7. The van der Waals surface area contributed by atoms with Gasteiger partial charge in [0, 0.05) is 11.9 Å². The van der Waals surface area contributed by atoms with Crippen molar-refractivity contribution in [2.45, 2.75) is 69.0 Å². The Morgan fingerprint density at radius 2 is 1.69 bits per heavy atom. The van der Waals surface area contributed by atoms with Gasteiger partial charge in [-0.25, -0.2) is 4.79 Å². The van der Waals surface area contributed by atoms with Gasteiger partial charge >= 0.3 is 6.09 Å². The van der Waals surface area contributed by atoms with E-state index >= 15 is 0 Å². The van der Waals surface area contributed by atoms with Crippen LogP contribution in [0.4, 0.5) is 4.79 Å². The summed E-state index contributed by atoms with van der Waals surface area (Å²) in [5.74, 6) is 0.296. The van der Waals surface area contributed by atoms with Gasteiger partial charge in [0.05, 0.1) is 22.7 Å². The van der Waals surface area contributed by atoms with Crippen molar-refractivity contribution in [3.63, 3.8) is 0 Å². The molecule has 1 heterocycles. The van der Waals surface area contributed by atoms with Crippen molar-refractivity contribution in [3.05, 3.63) is 65.7 Å². The lowest BCUT2D eigenvalue weighted by molar-refractivity contribution is 0.0811. The van der Waals surface area contributed by atoms with Crippen LogP contribution in [0.3, 0.4) is 0 Å². The number of likely N-dealkylation sites (N-methyl/N-ethyl adjacent to an activating group) is 1. The van der Waals surface area contributed by atoms with Crippen molar-refractivity contribution in [3.8, 4) is 0 Å². The zero-order valence-corrected chi connectivity index (χ0v) is 21.9. The molecule has 0 bridgehead atoms. The monoisotopic (exact) mass is 473 g/mol. The Hall–Kier alpha value is -1.96. The molecule has 0 aromatic heterocycles. The summed E-state index contributed by atoms with van der Waals surface area (Å²) in [7, 11) is -1.75. The second-order valence-corrected chi connectivity index (χ2v) is 16.3. The zero-order valence-electron chi connectivity index (χ0n) is 20.1. The number of hydrogen-bond acceptors (Lipinski definition) is 4. The SMILES string of the molecule is Cc1ccc([S@@](=O)C[C@H](O[Si](C)(C)C(C)(C)C)[C@@H]2[C@@H](c3ccccc3)OC(=O)N2C)cc1. The number of aryl methyl sites for hydroxylation is 1. The number of carbonyl (C=O) groups excluding carboxylic acids is 1. The van der Waals surface area contributed by atoms with Gasteiger partial charge in [-0.2, -0.15) is 0 Å². The molecule has 1 saturated heterocycles. The third-order valence-electron chi connectivity index (χ3n) is 6.63. The molecule has 1 aliphatic heterocycles. The fraction of sp³-hybridized carbons (Fsp3) is 0.480. The Bertz CT molecular complexity index is 956. The molecule has 174 valence electrons. The fourth-order valence-corrected chi connectivity index (χ4v) is 6.28. The van der Waals surface area contributed by atoms with Crippen molar-refractivity contribution in [1.29, 1.82) is 0 Å². The average molecular weight is 474 g/mol. The van der Waals surface area contributed by atoms with Gasteiger partial charge in [0.1, 0.15) is 6.04 Å². The van der Waals surface area contributed by atoms with Crippen LogP contribution in [-0.4, -0.2) is 48.5 Å². The molecule has 0 aliphatic carbocycles.